The second kappa shape index (κ2) is 12.2. The van der Waals surface area contributed by atoms with Gasteiger partial charge in [-0.1, -0.05) is 98.8 Å². The Labute approximate surface area is 289 Å². The van der Waals surface area contributed by atoms with Crippen LogP contribution in [0.2, 0.25) is 0 Å². The van der Waals surface area contributed by atoms with Crippen LogP contribution in [0.15, 0.2) is 119 Å². The maximum atomic E-state index is 15.4. The molecule has 9 heteroatoms. The number of para-hydroxylation sites is 3. The summed E-state index contributed by atoms with van der Waals surface area (Å²) in [6.45, 7) is 8.40. The fourth-order valence-corrected chi connectivity index (χ4v) is 7.84. The Morgan fingerprint density at radius 1 is 0.796 bits per heavy atom. The van der Waals surface area contributed by atoms with Crippen LogP contribution >= 0.6 is 12.2 Å². The first-order valence-corrected chi connectivity index (χ1v) is 16.7. The van der Waals surface area contributed by atoms with Gasteiger partial charge in [-0.05, 0) is 66.7 Å². The van der Waals surface area contributed by atoms with Crippen molar-refractivity contribution in [3.8, 4) is 11.4 Å². The number of hydrogen-bond donors (Lipinski definition) is 0. The highest BCUT2D eigenvalue weighted by Crippen LogP contribution is 2.53. The topological polar surface area (TPSA) is 90.4 Å². The molecule has 0 saturated carbocycles. The van der Waals surface area contributed by atoms with Crippen LogP contribution in [-0.4, -0.2) is 19.8 Å². The van der Waals surface area contributed by atoms with E-state index in [1.54, 1.807) is 18.2 Å². The maximum absolute atomic E-state index is 15.4. The normalized spacial score (nSPS) is 16.7. The number of fused-ring (bicyclic) bond motifs is 1. The molecule has 1 aliphatic carbocycles. The zero-order valence-electron chi connectivity index (χ0n) is 27.8. The predicted octanol–water partition coefficient (Wildman–Crippen LogP) is 8.68. The summed E-state index contributed by atoms with van der Waals surface area (Å²) in [5.74, 6) is -0.605. The number of carbonyl (C=O) groups excluding carboxylic acids is 1. The molecule has 0 saturated heterocycles. The Morgan fingerprint density at radius 3 is 2.00 bits per heavy atom. The van der Waals surface area contributed by atoms with Crippen LogP contribution in [0.5, 0.6) is 0 Å². The van der Waals surface area contributed by atoms with E-state index in [1.165, 1.54) is 10.6 Å². The molecular weight excluding hydrogens is 633 g/mol. The van der Waals surface area contributed by atoms with Gasteiger partial charge >= 0.3 is 0 Å². The van der Waals surface area contributed by atoms with Gasteiger partial charge in [-0.25, -0.2) is 0 Å². The molecule has 2 aliphatic rings. The Balaban J connectivity index is 1.72. The summed E-state index contributed by atoms with van der Waals surface area (Å²) in [6.07, 6.45) is 0.777. The first-order chi connectivity index (χ1) is 23.5. The van der Waals surface area contributed by atoms with Crippen molar-refractivity contribution in [2.75, 3.05) is 4.90 Å². The summed E-state index contributed by atoms with van der Waals surface area (Å²) in [5, 5.41) is 12.6. The Hall–Kier alpha value is -5.41. The van der Waals surface area contributed by atoms with Gasteiger partial charge in [0.2, 0.25) is 0 Å². The lowest BCUT2D eigenvalue weighted by Crippen LogP contribution is -2.44. The highest BCUT2D eigenvalue weighted by Gasteiger charge is 2.47. The van der Waals surface area contributed by atoms with Crippen molar-refractivity contribution in [1.29, 1.82) is 0 Å². The molecule has 0 fully saturated rings. The number of rotatable bonds is 6. The number of nitro benzene ring substituents is 1. The first kappa shape index (κ1) is 32.2. The average molecular weight is 669 g/mol. The molecule has 1 unspecified atom stereocenters. The molecule has 0 bridgehead atoms. The van der Waals surface area contributed by atoms with Crippen LogP contribution < -0.4 is 10.5 Å². The van der Waals surface area contributed by atoms with Crippen LogP contribution in [-0.2, 0) is 11.3 Å². The third-order valence-electron chi connectivity index (χ3n) is 9.66. The fourth-order valence-electron chi connectivity index (χ4n) is 7.48. The van der Waals surface area contributed by atoms with E-state index in [0.717, 1.165) is 28.1 Å². The Bertz CT molecular complexity index is 2320. The predicted molar refractivity (Wildman–Crippen MR) is 194 cm³/mol. The van der Waals surface area contributed by atoms with Gasteiger partial charge in [-0.15, -0.1) is 0 Å². The first-order valence-electron chi connectivity index (χ1n) is 16.3. The number of benzene rings is 4. The third-order valence-corrected chi connectivity index (χ3v) is 10.0. The summed E-state index contributed by atoms with van der Waals surface area (Å²) < 4.78 is 3.73. The molecular formula is C40H36N4O4S. The minimum Gasteiger partial charge on any atom is -0.326 e. The maximum Gasteiger partial charge on any atom is 0.273 e. The Morgan fingerprint density at radius 2 is 1.37 bits per heavy atom. The van der Waals surface area contributed by atoms with Crippen molar-refractivity contribution in [2.24, 2.45) is 5.41 Å². The lowest BCUT2D eigenvalue weighted by Gasteiger charge is -2.45. The van der Waals surface area contributed by atoms with E-state index in [-0.39, 0.29) is 28.2 Å². The average Bonchev–Trinajstić information content (AvgIpc) is 3.07. The highest BCUT2D eigenvalue weighted by molar-refractivity contribution is 7.71. The molecule has 1 aromatic heterocycles. The number of anilines is 1. The number of nitro groups is 1. The van der Waals surface area contributed by atoms with E-state index in [4.69, 9.17) is 12.2 Å². The Kier molecular flexibility index (Phi) is 8.03. The molecule has 49 heavy (non-hydrogen) atoms. The molecule has 0 radical (unpaired) electrons. The standard InChI is InChI=1S/C40H36N4O4S/c1-25-14-8-11-19-29(25)42-37-36(38(46)43(39(42)49)30-20-12-9-15-26(30)2)34(28-18-10-13-21-31(28)44(47)48)35-32(22-40(3,4)23-33(35)45)41(37)24-27-16-6-5-7-17-27/h5-21,34H,22-24H2,1-4H3. The van der Waals surface area contributed by atoms with E-state index >= 15 is 4.79 Å². The molecule has 0 amide bonds. The molecule has 0 N–H and O–H groups in total. The number of hydrogen-bond acceptors (Lipinski definition) is 6. The quantitative estimate of drug-likeness (QED) is 0.102. The minimum absolute atomic E-state index is 0.121. The van der Waals surface area contributed by atoms with E-state index in [0.29, 0.717) is 35.6 Å². The van der Waals surface area contributed by atoms with Crippen molar-refractivity contribution in [3.05, 3.63) is 167 Å². The number of allylic oxidation sites excluding steroid dienone is 2. The summed E-state index contributed by atoms with van der Waals surface area (Å²) in [6, 6.07) is 31.8. The van der Waals surface area contributed by atoms with E-state index in [2.05, 4.69) is 18.7 Å². The fraction of sp³-hybridized carbons (Fsp3) is 0.225. The number of aromatic nitrogens is 2. The zero-order valence-corrected chi connectivity index (χ0v) is 28.7. The zero-order chi connectivity index (χ0) is 34.6. The molecule has 1 aliphatic heterocycles. The molecule has 7 rings (SSSR count). The van der Waals surface area contributed by atoms with Gasteiger partial charge in [0, 0.05) is 35.9 Å². The van der Waals surface area contributed by atoms with Crippen molar-refractivity contribution < 1.29 is 9.72 Å². The van der Waals surface area contributed by atoms with Gasteiger partial charge in [0.1, 0.15) is 5.82 Å². The van der Waals surface area contributed by atoms with Gasteiger partial charge in [0.15, 0.2) is 10.6 Å². The molecule has 1 atom stereocenters. The second-order valence-corrected chi connectivity index (χ2v) is 14.1. The molecule has 2 heterocycles. The van der Waals surface area contributed by atoms with Crippen molar-refractivity contribution in [3.63, 3.8) is 0 Å². The summed E-state index contributed by atoms with van der Waals surface area (Å²) >= 11 is 6.31. The lowest BCUT2D eigenvalue weighted by atomic mass is 9.68. The van der Waals surface area contributed by atoms with E-state index in [9.17, 15) is 14.9 Å². The van der Waals surface area contributed by atoms with Gasteiger partial charge in [0.25, 0.3) is 11.2 Å². The van der Waals surface area contributed by atoms with Gasteiger partial charge in [0.05, 0.1) is 27.8 Å². The van der Waals surface area contributed by atoms with Gasteiger partial charge in [-0.3, -0.25) is 28.8 Å². The molecule has 0 spiro atoms. The number of ketones is 1. The van der Waals surface area contributed by atoms with Crippen LogP contribution in [0.3, 0.4) is 0 Å². The van der Waals surface area contributed by atoms with E-state index < -0.39 is 21.8 Å². The van der Waals surface area contributed by atoms with Crippen LogP contribution in [0.4, 0.5) is 11.5 Å². The summed E-state index contributed by atoms with van der Waals surface area (Å²) in [4.78, 5) is 44.2. The number of carbonyl (C=O) groups is 1. The molecule has 246 valence electrons. The largest absolute Gasteiger partial charge is 0.326 e. The van der Waals surface area contributed by atoms with E-state index in [1.807, 2.05) is 97.3 Å². The lowest BCUT2D eigenvalue weighted by molar-refractivity contribution is -0.385. The number of nitrogens with zero attached hydrogens (tertiary/aromatic N) is 4. The third kappa shape index (κ3) is 5.44. The highest BCUT2D eigenvalue weighted by atomic mass is 32.1. The molecule has 4 aromatic carbocycles. The molecule has 5 aromatic rings. The SMILES string of the molecule is Cc1ccccc1-n1c2c(c(=O)n(-c3ccccc3C)c1=S)C(c1ccccc1[N+](=O)[O-])C1=C(CC(C)(C)CC1=O)N2Cc1ccccc1. The smallest absolute Gasteiger partial charge is 0.273 e. The summed E-state index contributed by atoms with van der Waals surface area (Å²) in [5.41, 5.74) is 4.93. The monoisotopic (exact) mass is 668 g/mol. The van der Waals surface area contributed by atoms with Crippen molar-refractivity contribution in [2.45, 2.75) is 53.0 Å². The second-order valence-electron chi connectivity index (χ2n) is 13.7. The van der Waals surface area contributed by atoms with Gasteiger partial charge < -0.3 is 4.90 Å². The van der Waals surface area contributed by atoms with Crippen molar-refractivity contribution in [1.82, 2.24) is 9.13 Å². The minimum atomic E-state index is -1.00. The number of aryl methyl sites for hydroxylation is 2. The van der Waals surface area contributed by atoms with Crippen LogP contribution in [0.1, 0.15) is 60.4 Å². The van der Waals surface area contributed by atoms with Crippen LogP contribution in [0, 0.1) is 34.1 Å². The van der Waals surface area contributed by atoms with Crippen molar-refractivity contribution >= 4 is 29.5 Å². The molecule has 8 nitrogen and oxygen atoms in total. The van der Waals surface area contributed by atoms with Gasteiger partial charge in [-0.2, -0.15) is 0 Å². The van der Waals surface area contributed by atoms with Crippen LogP contribution in [0.25, 0.3) is 11.4 Å². The number of Topliss-reactive ketones (excluding diaryl/α,β-unsaturated/α-hetero) is 1. The summed E-state index contributed by atoms with van der Waals surface area (Å²) in [7, 11) is 0.